The normalized spacial score (nSPS) is 26.2. The zero-order valence-corrected chi connectivity index (χ0v) is 9.55. The molecule has 1 saturated carbocycles. The minimum Gasteiger partial charge on any atom is -0.393 e. The summed E-state index contributed by atoms with van der Waals surface area (Å²) in [4.78, 5) is 0. The minimum atomic E-state index is 0.0127. The summed E-state index contributed by atoms with van der Waals surface area (Å²) in [5, 5.41) is 9.08. The lowest BCUT2D eigenvalue weighted by atomic mass is 9.89. The average molecular weight is 186 g/mol. The van der Waals surface area contributed by atoms with Crippen LogP contribution < -0.4 is 0 Å². The lowest BCUT2D eigenvalue weighted by Gasteiger charge is -2.21. The van der Waals surface area contributed by atoms with Gasteiger partial charge in [0.15, 0.2) is 0 Å². The smallest absolute Gasteiger partial charge is 0.0542 e. The predicted octanol–water partition coefficient (Wildman–Crippen LogP) is 3.78. The number of aliphatic hydroxyl groups is 1. The molecule has 1 N–H and O–H groups in total. The summed E-state index contributed by atoms with van der Waals surface area (Å²) in [6.45, 7) is 12.5. The molecular weight excluding hydrogens is 160 g/mol. The molecular formula is C12H26O. The van der Waals surface area contributed by atoms with Crippen LogP contribution in [0.25, 0.3) is 0 Å². The molecule has 0 radical (unpaired) electrons. The van der Waals surface area contributed by atoms with Crippen molar-refractivity contribution < 1.29 is 5.11 Å². The second-order valence-corrected chi connectivity index (χ2v) is 3.63. The van der Waals surface area contributed by atoms with Crippen molar-refractivity contribution in [3.05, 3.63) is 13.2 Å². The summed E-state index contributed by atoms with van der Waals surface area (Å²) in [6.07, 6.45) is 5.86. The Balaban J connectivity index is 0. The summed E-state index contributed by atoms with van der Waals surface area (Å²) >= 11 is 0. The standard InChI is InChI=1S/C7H14O.C3H8.C2H4/c1-6-3-2-4-7(8)5-6;1-3-2;1-2/h6-8H,2-5H2,1H3;3H2,1-2H3;1-2H2. The van der Waals surface area contributed by atoms with E-state index >= 15 is 0 Å². The van der Waals surface area contributed by atoms with E-state index in [1.807, 2.05) is 0 Å². The van der Waals surface area contributed by atoms with Gasteiger partial charge in [-0.25, -0.2) is 0 Å². The molecule has 0 saturated heterocycles. The first-order valence-corrected chi connectivity index (χ1v) is 5.38. The van der Waals surface area contributed by atoms with Crippen LogP contribution in [0.3, 0.4) is 0 Å². The highest BCUT2D eigenvalue weighted by Crippen LogP contribution is 2.22. The Morgan fingerprint density at radius 3 is 1.92 bits per heavy atom. The molecule has 1 aliphatic rings. The van der Waals surface area contributed by atoms with E-state index in [-0.39, 0.29) is 6.10 Å². The summed E-state index contributed by atoms with van der Waals surface area (Å²) in [6, 6.07) is 0. The molecule has 0 spiro atoms. The first-order chi connectivity index (χ1) is 6.20. The number of hydrogen-bond acceptors (Lipinski definition) is 1. The fourth-order valence-corrected chi connectivity index (χ4v) is 1.40. The molecule has 0 aliphatic heterocycles. The van der Waals surface area contributed by atoms with E-state index in [0.717, 1.165) is 18.8 Å². The lowest BCUT2D eigenvalue weighted by molar-refractivity contribution is 0.106. The highest BCUT2D eigenvalue weighted by atomic mass is 16.3. The topological polar surface area (TPSA) is 20.2 Å². The molecule has 0 aromatic carbocycles. The van der Waals surface area contributed by atoms with E-state index in [0.29, 0.717) is 0 Å². The molecule has 0 aromatic heterocycles. The fourth-order valence-electron chi connectivity index (χ4n) is 1.40. The Kier molecular flexibility index (Phi) is 13.7. The van der Waals surface area contributed by atoms with Crippen molar-refractivity contribution >= 4 is 0 Å². The van der Waals surface area contributed by atoms with Crippen molar-refractivity contribution in [3.8, 4) is 0 Å². The van der Waals surface area contributed by atoms with E-state index in [4.69, 9.17) is 5.11 Å². The van der Waals surface area contributed by atoms with E-state index in [1.165, 1.54) is 19.3 Å². The van der Waals surface area contributed by atoms with Gasteiger partial charge in [0.25, 0.3) is 0 Å². The molecule has 2 unspecified atom stereocenters. The van der Waals surface area contributed by atoms with Gasteiger partial charge in [0, 0.05) is 0 Å². The highest BCUT2D eigenvalue weighted by Gasteiger charge is 2.15. The molecule has 0 amide bonds. The third-order valence-corrected chi connectivity index (χ3v) is 1.91. The van der Waals surface area contributed by atoms with Crippen LogP contribution >= 0.6 is 0 Å². The van der Waals surface area contributed by atoms with Crippen LogP contribution in [0.15, 0.2) is 13.2 Å². The van der Waals surface area contributed by atoms with E-state index < -0.39 is 0 Å². The van der Waals surface area contributed by atoms with Gasteiger partial charge < -0.3 is 5.11 Å². The second-order valence-electron chi connectivity index (χ2n) is 3.63. The molecule has 2 atom stereocenters. The lowest BCUT2D eigenvalue weighted by Crippen LogP contribution is -2.16. The van der Waals surface area contributed by atoms with E-state index in [9.17, 15) is 0 Å². The van der Waals surface area contributed by atoms with Crippen molar-refractivity contribution in [3.63, 3.8) is 0 Å². The second kappa shape index (κ2) is 11.7. The molecule has 1 heteroatoms. The first-order valence-electron chi connectivity index (χ1n) is 5.38. The maximum atomic E-state index is 9.08. The molecule has 80 valence electrons. The van der Waals surface area contributed by atoms with Crippen LogP contribution in [0.4, 0.5) is 0 Å². The summed E-state index contributed by atoms with van der Waals surface area (Å²) in [5.41, 5.74) is 0. The summed E-state index contributed by atoms with van der Waals surface area (Å²) in [7, 11) is 0. The Morgan fingerprint density at radius 2 is 1.69 bits per heavy atom. The average Bonchev–Trinajstić information content (AvgIpc) is 2.08. The molecule has 0 heterocycles. The molecule has 0 bridgehead atoms. The van der Waals surface area contributed by atoms with Gasteiger partial charge in [-0.3, -0.25) is 0 Å². The molecule has 1 rings (SSSR count). The molecule has 1 fully saturated rings. The van der Waals surface area contributed by atoms with Gasteiger partial charge in [-0.05, 0) is 18.8 Å². The summed E-state index contributed by atoms with van der Waals surface area (Å²) in [5.74, 6) is 0.763. The zero-order valence-electron chi connectivity index (χ0n) is 9.55. The van der Waals surface area contributed by atoms with Crippen LogP contribution in [-0.2, 0) is 0 Å². The van der Waals surface area contributed by atoms with Crippen molar-refractivity contribution in [2.24, 2.45) is 5.92 Å². The quantitative estimate of drug-likeness (QED) is 0.571. The predicted molar refractivity (Wildman–Crippen MR) is 60.9 cm³/mol. The van der Waals surface area contributed by atoms with Crippen LogP contribution in [0.1, 0.15) is 52.9 Å². The van der Waals surface area contributed by atoms with Gasteiger partial charge in [-0.1, -0.05) is 40.0 Å². The Morgan fingerprint density at radius 1 is 1.23 bits per heavy atom. The maximum Gasteiger partial charge on any atom is 0.0542 e. The van der Waals surface area contributed by atoms with Crippen LogP contribution in [0, 0.1) is 5.92 Å². The third-order valence-electron chi connectivity index (χ3n) is 1.91. The van der Waals surface area contributed by atoms with Crippen LogP contribution in [0.2, 0.25) is 0 Å². The molecule has 1 nitrogen and oxygen atoms in total. The van der Waals surface area contributed by atoms with E-state index in [1.54, 1.807) is 0 Å². The van der Waals surface area contributed by atoms with Crippen LogP contribution in [0.5, 0.6) is 0 Å². The van der Waals surface area contributed by atoms with Crippen molar-refractivity contribution in [1.82, 2.24) is 0 Å². The Bertz CT molecular complexity index is 83.1. The number of rotatable bonds is 0. The SMILES string of the molecule is C=C.CC1CCCC(O)C1.CCC. The van der Waals surface area contributed by atoms with Gasteiger partial charge in [-0.2, -0.15) is 0 Å². The minimum absolute atomic E-state index is 0.0127. The Labute approximate surface area is 83.9 Å². The fraction of sp³-hybridized carbons (Fsp3) is 0.833. The third kappa shape index (κ3) is 11.7. The largest absolute Gasteiger partial charge is 0.393 e. The molecule has 1 aliphatic carbocycles. The number of aliphatic hydroxyl groups excluding tert-OH is 1. The van der Waals surface area contributed by atoms with Gasteiger partial charge in [0.1, 0.15) is 0 Å². The maximum absolute atomic E-state index is 9.08. The van der Waals surface area contributed by atoms with Crippen molar-refractivity contribution in [2.75, 3.05) is 0 Å². The van der Waals surface area contributed by atoms with Crippen molar-refractivity contribution in [2.45, 2.75) is 59.0 Å². The highest BCUT2D eigenvalue weighted by molar-refractivity contribution is 4.67. The van der Waals surface area contributed by atoms with Crippen molar-refractivity contribution in [1.29, 1.82) is 0 Å². The van der Waals surface area contributed by atoms with Gasteiger partial charge in [-0.15, -0.1) is 13.2 Å². The molecule has 0 aromatic rings. The monoisotopic (exact) mass is 186 g/mol. The molecule has 13 heavy (non-hydrogen) atoms. The van der Waals surface area contributed by atoms with Gasteiger partial charge in [0.05, 0.1) is 6.10 Å². The zero-order chi connectivity index (χ0) is 10.7. The van der Waals surface area contributed by atoms with E-state index in [2.05, 4.69) is 33.9 Å². The van der Waals surface area contributed by atoms with Crippen LogP contribution in [-0.4, -0.2) is 11.2 Å². The number of hydrogen-bond donors (Lipinski definition) is 1. The van der Waals surface area contributed by atoms with Gasteiger partial charge >= 0.3 is 0 Å². The summed E-state index contributed by atoms with van der Waals surface area (Å²) < 4.78 is 0. The van der Waals surface area contributed by atoms with Gasteiger partial charge in [0.2, 0.25) is 0 Å². The first kappa shape index (κ1) is 15.2. The Hall–Kier alpha value is -0.300.